The molecule has 0 bridgehead atoms. The fraction of sp³-hybridized carbons (Fsp3) is 0.636. The van der Waals surface area contributed by atoms with Crippen LogP contribution >= 0.6 is 0 Å². The molecule has 2 amide bonds. The number of piperidine rings is 1. The van der Waals surface area contributed by atoms with Crippen LogP contribution in [0.5, 0.6) is 0 Å². The molecule has 3 fully saturated rings. The Balaban J connectivity index is 1.22. The summed E-state index contributed by atoms with van der Waals surface area (Å²) in [6.45, 7) is 8.10. The SMILES string of the molecule is O=C(CN1CCC(CN2CCOCC2)CC1)Nc1cccc(N2CCCC2=O)c1. The number of hydrogen-bond donors (Lipinski definition) is 1. The maximum Gasteiger partial charge on any atom is 0.238 e. The number of ether oxygens (including phenoxy) is 1. The molecule has 1 N–H and O–H groups in total. The summed E-state index contributed by atoms with van der Waals surface area (Å²) in [7, 11) is 0. The molecule has 7 heteroatoms. The number of morpholine rings is 1. The summed E-state index contributed by atoms with van der Waals surface area (Å²) in [4.78, 5) is 31.0. The number of carbonyl (C=O) groups is 2. The molecule has 0 aliphatic carbocycles. The molecule has 0 radical (unpaired) electrons. The van der Waals surface area contributed by atoms with Gasteiger partial charge in [0.05, 0.1) is 19.8 Å². The summed E-state index contributed by atoms with van der Waals surface area (Å²) in [5.74, 6) is 0.900. The van der Waals surface area contributed by atoms with Crippen LogP contribution in [0.25, 0.3) is 0 Å². The average Bonchev–Trinajstić information content (AvgIpc) is 3.16. The van der Waals surface area contributed by atoms with Crippen LogP contribution in [0.1, 0.15) is 25.7 Å². The van der Waals surface area contributed by atoms with Gasteiger partial charge in [0, 0.05) is 44.0 Å². The van der Waals surface area contributed by atoms with E-state index in [0.29, 0.717) is 13.0 Å². The van der Waals surface area contributed by atoms with Crippen molar-refractivity contribution in [2.45, 2.75) is 25.7 Å². The lowest BCUT2D eigenvalue weighted by molar-refractivity contribution is -0.118. The van der Waals surface area contributed by atoms with Crippen molar-refractivity contribution in [3.63, 3.8) is 0 Å². The van der Waals surface area contributed by atoms with E-state index in [1.807, 2.05) is 24.3 Å². The summed E-state index contributed by atoms with van der Waals surface area (Å²) in [5, 5.41) is 3.00. The van der Waals surface area contributed by atoms with Crippen molar-refractivity contribution in [2.75, 3.05) is 69.2 Å². The minimum absolute atomic E-state index is 0.0153. The monoisotopic (exact) mass is 400 g/mol. The number of likely N-dealkylation sites (tertiary alicyclic amines) is 1. The Labute approximate surface area is 173 Å². The highest BCUT2D eigenvalue weighted by Crippen LogP contribution is 2.24. The maximum atomic E-state index is 12.5. The number of rotatable bonds is 6. The van der Waals surface area contributed by atoms with Gasteiger partial charge in [-0.1, -0.05) is 6.07 Å². The second-order valence-electron chi connectivity index (χ2n) is 8.38. The number of nitrogens with zero attached hydrogens (tertiary/aromatic N) is 3. The maximum absolute atomic E-state index is 12.5. The van der Waals surface area contributed by atoms with E-state index in [-0.39, 0.29) is 11.8 Å². The largest absolute Gasteiger partial charge is 0.379 e. The molecular weight excluding hydrogens is 368 g/mol. The summed E-state index contributed by atoms with van der Waals surface area (Å²) >= 11 is 0. The molecule has 158 valence electrons. The van der Waals surface area contributed by atoms with Gasteiger partial charge in [0.1, 0.15) is 0 Å². The molecule has 0 atom stereocenters. The number of nitrogens with one attached hydrogen (secondary N) is 1. The van der Waals surface area contributed by atoms with Gasteiger partial charge in [0.2, 0.25) is 11.8 Å². The highest BCUT2D eigenvalue weighted by Gasteiger charge is 2.24. The summed E-state index contributed by atoms with van der Waals surface area (Å²) in [5.41, 5.74) is 1.63. The Morgan fingerprint density at radius 3 is 2.59 bits per heavy atom. The molecular formula is C22H32N4O3. The van der Waals surface area contributed by atoms with Crippen LogP contribution in [0.2, 0.25) is 0 Å². The highest BCUT2D eigenvalue weighted by molar-refractivity contribution is 5.97. The third-order valence-corrected chi connectivity index (χ3v) is 6.21. The second-order valence-corrected chi connectivity index (χ2v) is 8.38. The zero-order valence-electron chi connectivity index (χ0n) is 17.1. The van der Waals surface area contributed by atoms with Crippen LogP contribution in [-0.2, 0) is 14.3 Å². The van der Waals surface area contributed by atoms with E-state index >= 15 is 0 Å². The molecule has 0 spiro atoms. The van der Waals surface area contributed by atoms with Gasteiger partial charge < -0.3 is 15.0 Å². The molecule has 3 aliphatic heterocycles. The first kappa shape index (κ1) is 20.3. The standard InChI is InChI=1S/C22H32N4O3/c27-21(23-19-3-1-4-20(15-19)26-8-2-5-22(26)28)17-24-9-6-18(7-10-24)16-25-11-13-29-14-12-25/h1,3-4,15,18H,2,5-14,16-17H2,(H,23,27). The van der Waals surface area contributed by atoms with E-state index in [2.05, 4.69) is 15.1 Å². The van der Waals surface area contributed by atoms with Crippen LogP contribution < -0.4 is 10.2 Å². The first-order chi connectivity index (χ1) is 14.2. The molecule has 1 aromatic carbocycles. The van der Waals surface area contributed by atoms with Gasteiger partial charge in [-0.05, 0) is 56.5 Å². The van der Waals surface area contributed by atoms with Gasteiger partial charge in [-0.25, -0.2) is 0 Å². The number of amides is 2. The van der Waals surface area contributed by atoms with E-state index in [0.717, 1.165) is 89.0 Å². The van der Waals surface area contributed by atoms with Gasteiger partial charge in [-0.2, -0.15) is 0 Å². The molecule has 7 nitrogen and oxygen atoms in total. The van der Waals surface area contributed by atoms with E-state index in [1.165, 1.54) is 0 Å². The van der Waals surface area contributed by atoms with E-state index in [1.54, 1.807) is 4.90 Å². The quantitative estimate of drug-likeness (QED) is 0.789. The Morgan fingerprint density at radius 2 is 1.86 bits per heavy atom. The lowest BCUT2D eigenvalue weighted by atomic mass is 9.96. The van der Waals surface area contributed by atoms with Crippen molar-refractivity contribution in [1.82, 2.24) is 9.80 Å². The Hall–Kier alpha value is -1.96. The number of anilines is 2. The number of carbonyl (C=O) groups excluding carboxylic acids is 2. The molecule has 3 aliphatic rings. The Morgan fingerprint density at radius 1 is 1.07 bits per heavy atom. The molecule has 4 rings (SSSR count). The predicted molar refractivity (Wildman–Crippen MR) is 113 cm³/mol. The number of benzene rings is 1. The normalized spacial score (nSPS) is 22.2. The predicted octanol–water partition coefficient (Wildman–Crippen LogP) is 1.80. The third kappa shape index (κ3) is 5.56. The number of hydrogen-bond acceptors (Lipinski definition) is 5. The molecule has 3 saturated heterocycles. The molecule has 1 aromatic rings. The second kappa shape index (κ2) is 9.69. The van der Waals surface area contributed by atoms with Gasteiger partial charge in [-0.3, -0.25) is 19.4 Å². The van der Waals surface area contributed by atoms with Gasteiger partial charge in [0.25, 0.3) is 0 Å². The van der Waals surface area contributed by atoms with Crippen molar-refractivity contribution < 1.29 is 14.3 Å². The van der Waals surface area contributed by atoms with Crippen LogP contribution in [-0.4, -0.2) is 80.6 Å². The zero-order valence-corrected chi connectivity index (χ0v) is 17.1. The Kier molecular flexibility index (Phi) is 6.79. The minimum atomic E-state index is 0.0153. The fourth-order valence-electron chi connectivity index (χ4n) is 4.55. The van der Waals surface area contributed by atoms with Crippen molar-refractivity contribution in [2.24, 2.45) is 5.92 Å². The summed E-state index contributed by atoms with van der Waals surface area (Å²) < 4.78 is 5.43. The minimum Gasteiger partial charge on any atom is -0.379 e. The third-order valence-electron chi connectivity index (χ3n) is 6.21. The molecule has 3 heterocycles. The van der Waals surface area contributed by atoms with Crippen molar-refractivity contribution >= 4 is 23.2 Å². The van der Waals surface area contributed by atoms with E-state index in [4.69, 9.17) is 4.74 Å². The lowest BCUT2D eigenvalue weighted by Gasteiger charge is -2.35. The fourth-order valence-corrected chi connectivity index (χ4v) is 4.55. The van der Waals surface area contributed by atoms with E-state index in [9.17, 15) is 9.59 Å². The van der Waals surface area contributed by atoms with Crippen LogP contribution in [0.15, 0.2) is 24.3 Å². The van der Waals surface area contributed by atoms with Crippen molar-refractivity contribution in [1.29, 1.82) is 0 Å². The van der Waals surface area contributed by atoms with Crippen molar-refractivity contribution in [3.8, 4) is 0 Å². The van der Waals surface area contributed by atoms with Gasteiger partial charge >= 0.3 is 0 Å². The zero-order chi connectivity index (χ0) is 20.1. The van der Waals surface area contributed by atoms with Gasteiger partial charge in [-0.15, -0.1) is 0 Å². The first-order valence-corrected chi connectivity index (χ1v) is 10.9. The van der Waals surface area contributed by atoms with Crippen LogP contribution in [0.4, 0.5) is 11.4 Å². The van der Waals surface area contributed by atoms with Crippen LogP contribution in [0, 0.1) is 5.92 Å². The smallest absolute Gasteiger partial charge is 0.238 e. The molecule has 0 saturated carbocycles. The average molecular weight is 401 g/mol. The highest BCUT2D eigenvalue weighted by atomic mass is 16.5. The molecule has 0 unspecified atom stereocenters. The molecule has 0 aromatic heterocycles. The first-order valence-electron chi connectivity index (χ1n) is 10.9. The molecule has 29 heavy (non-hydrogen) atoms. The summed E-state index contributed by atoms with van der Waals surface area (Å²) in [6, 6.07) is 7.61. The topological polar surface area (TPSA) is 65.1 Å². The van der Waals surface area contributed by atoms with E-state index < -0.39 is 0 Å². The Bertz CT molecular complexity index is 712. The van der Waals surface area contributed by atoms with Crippen molar-refractivity contribution in [3.05, 3.63) is 24.3 Å². The summed E-state index contributed by atoms with van der Waals surface area (Å²) in [6.07, 6.45) is 3.81. The van der Waals surface area contributed by atoms with Crippen LogP contribution in [0.3, 0.4) is 0 Å². The lowest BCUT2D eigenvalue weighted by Crippen LogP contribution is -2.44. The van der Waals surface area contributed by atoms with Gasteiger partial charge in [0.15, 0.2) is 0 Å².